The third-order valence-electron chi connectivity index (χ3n) is 6.28. The van der Waals surface area contributed by atoms with E-state index in [1.165, 1.54) is 12.8 Å². The van der Waals surface area contributed by atoms with Crippen LogP contribution in [0.1, 0.15) is 49.8 Å². The van der Waals surface area contributed by atoms with Crippen molar-refractivity contribution in [1.29, 1.82) is 0 Å². The minimum atomic E-state index is -3.18. The third-order valence-corrected chi connectivity index (χ3v) is 8.32. The molecule has 1 aliphatic carbocycles. The molecule has 0 atom stereocenters. The van der Waals surface area contributed by atoms with Crippen molar-refractivity contribution in [3.63, 3.8) is 0 Å². The van der Waals surface area contributed by atoms with Gasteiger partial charge in [0.25, 0.3) is 0 Å². The summed E-state index contributed by atoms with van der Waals surface area (Å²) in [5, 5.41) is 0. The second kappa shape index (κ2) is 7.29. The molecule has 0 unspecified atom stereocenters. The van der Waals surface area contributed by atoms with Crippen molar-refractivity contribution in [3.8, 4) is 0 Å². The largest absolute Gasteiger partial charge is 0.368 e. The molecule has 0 bridgehead atoms. The molecule has 4 rings (SSSR count). The van der Waals surface area contributed by atoms with Gasteiger partial charge >= 0.3 is 0 Å². The highest BCUT2D eigenvalue weighted by Gasteiger charge is 2.45. The molecule has 7 nitrogen and oxygen atoms in total. The van der Waals surface area contributed by atoms with Crippen LogP contribution in [0.25, 0.3) is 0 Å². The SMILES string of the molecule is CN(C)c1ncc2c(n1)C1(CCN(S(=O)(=O)CC3CCCC3)CC1)OCC2. The summed E-state index contributed by atoms with van der Waals surface area (Å²) < 4.78 is 33.6. The van der Waals surface area contributed by atoms with Crippen LogP contribution in [0.15, 0.2) is 6.20 Å². The first-order valence-corrected chi connectivity index (χ1v) is 11.7. The van der Waals surface area contributed by atoms with Crippen LogP contribution in [-0.4, -0.2) is 62.2 Å². The molecule has 0 amide bonds. The van der Waals surface area contributed by atoms with Gasteiger partial charge in [0.2, 0.25) is 16.0 Å². The van der Waals surface area contributed by atoms with E-state index in [0.29, 0.717) is 50.2 Å². The Morgan fingerprint density at radius 1 is 1.26 bits per heavy atom. The van der Waals surface area contributed by atoms with E-state index in [4.69, 9.17) is 9.72 Å². The van der Waals surface area contributed by atoms with E-state index in [1.54, 1.807) is 4.31 Å². The van der Waals surface area contributed by atoms with E-state index in [2.05, 4.69) is 4.98 Å². The summed E-state index contributed by atoms with van der Waals surface area (Å²) in [6.45, 7) is 1.66. The average molecular weight is 395 g/mol. The molecule has 0 N–H and O–H groups in total. The highest BCUT2D eigenvalue weighted by molar-refractivity contribution is 7.89. The zero-order valence-electron chi connectivity index (χ0n) is 16.4. The quantitative estimate of drug-likeness (QED) is 0.777. The van der Waals surface area contributed by atoms with Gasteiger partial charge in [-0.15, -0.1) is 0 Å². The number of hydrogen-bond acceptors (Lipinski definition) is 6. The lowest BCUT2D eigenvalue weighted by Gasteiger charge is -2.43. The fourth-order valence-corrected chi connectivity index (χ4v) is 6.58. The lowest BCUT2D eigenvalue weighted by atomic mass is 9.84. The molecule has 1 saturated carbocycles. The Bertz CT molecular complexity index is 782. The monoisotopic (exact) mass is 394 g/mol. The van der Waals surface area contributed by atoms with Crippen LogP contribution in [0.5, 0.6) is 0 Å². The molecule has 8 heteroatoms. The Balaban J connectivity index is 1.51. The van der Waals surface area contributed by atoms with Crippen LogP contribution in [0.3, 0.4) is 0 Å². The number of fused-ring (bicyclic) bond motifs is 2. The van der Waals surface area contributed by atoms with Gasteiger partial charge in [-0.05, 0) is 43.6 Å². The number of piperidine rings is 1. The van der Waals surface area contributed by atoms with Gasteiger partial charge in [-0.2, -0.15) is 0 Å². The number of rotatable bonds is 4. The Morgan fingerprint density at radius 3 is 2.63 bits per heavy atom. The molecular formula is C19H30N4O3S. The Hall–Kier alpha value is -1.25. The van der Waals surface area contributed by atoms with Gasteiger partial charge in [-0.3, -0.25) is 0 Å². The maximum absolute atomic E-state index is 12.9. The summed E-state index contributed by atoms with van der Waals surface area (Å²) in [6, 6.07) is 0. The van der Waals surface area contributed by atoms with E-state index in [-0.39, 0.29) is 0 Å². The molecular weight excluding hydrogens is 364 g/mol. The van der Waals surface area contributed by atoms with Gasteiger partial charge in [-0.25, -0.2) is 22.7 Å². The average Bonchev–Trinajstić information content (AvgIpc) is 3.14. The van der Waals surface area contributed by atoms with E-state index in [9.17, 15) is 8.42 Å². The van der Waals surface area contributed by atoms with Crippen molar-refractivity contribution >= 4 is 16.0 Å². The number of sulfonamides is 1. The molecule has 3 aliphatic rings. The zero-order valence-corrected chi connectivity index (χ0v) is 17.2. The van der Waals surface area contributed by atoms with Crippen LogP contribution in [0.2, 0.25) is 0 Å². The number of ether oxygens (including phenoxy) is 1. The van der Waals surface area contributed by atoms with E-state index >= 15 is 0 Å². The minimum Gasteiger partial charge on any atom is -0.368 e. The van der Waals surface area contributed by atoms with Crippen molar-refractivity contribution in [2.24, 2.45) is 5.92 Å². The van der Waals surface area contributed by atoms with Gasteiger partial charge in [0.05, 0.1) is 18.1 Å². The first-order valence-electron chi connectivity index (χ1n) is 10.1. The number of nitrogens with zero attached hydrogens (tertiary/aromatic N) is 4. The normalized spacial score (nSPS) is 23.5. The number of anilines is 1. The van der Waals surface area contributed by atoms with Crippen LogP contribution in [0, 0.1) is 5.92 Å². The summed E-state index contributed by atoms with van der Waals surface area (Å²) >= 11 is 0. The first kappa shape index (κ1) is 19.1. The van der Waals surface area contributed by atoms with Gasteiger partial charge in [-0.1, -0.05) is 12.8 Å². The summed E-state index contributed by atoms with van der Waals surface area (Å²) in [5.41, 5.74) is 1.62. The fraction of sp³-hybridized carbons (Fsp3) is 0.789. The maximum atomic E-state index is 12.9. The zero-order chi connectivity index (χ0) is 19.1. The minimum absolute atomic E-state index is 0.310. The molecule has 0 aromatic carbocycles. The number of hydrogen-bond donors (Lipinski definition) is 0. The molecule has 150 valence electrons. The predicted octanol–water partition coefficient (Wildman–Crippen LogP) is 1.93. The number of aromatic nitrogens is 2. The lowest BCUT2D eigenvalue weighted by molar-refractivity contribution is -0.0925. The van der Waals surface area contributed by atoms with Crippen molar-refractivity contribution in [1.82, 2.24) is 14.3 Å². The maximum Gasteiger partial charge on any atom is 0.225 e. The van der Waals surface area contributed by atoms with Gasteiger partial charge in [0.1, 0.15) is 5.60 Å². The van der Waals surface area contributed by atoms with Crippen LogP contribution < -0.4 is 4.90 Å². The molecule has 1 aromatic heterocycles. The second-order valence-electron chi connectivity index (χ2n) is 8.36. The molecule has 1 saturated heterocycles. The smallest absolute Gasteiger partial charge is 0.225 e. The summed E-state index contributed by atoms with van der Waals surface area (Å²) in [5.74, 6) is 1.33. The molecule has 1 aromatic rings. The highest BCUT2D eigenvalue weighted by atomic mass is 32.2. The first-order chi connectivity index (χ1) is 12.9. The van der Waals surface area contributed by atoms with Gasteiger partial charge < -0.3 is 9.64 Å². The molecule has 3 heterocycles. The molecule has 2 fully saturated rings. The topological polar surface area (TPSA) is 75.6 Å². The van der Waals surface area contributed by atoms with Crippen molar-refractivity contribution in [2.75, 3.05) is 44.4 Å². The van der Waals surface area contributed by atoms with E-state index in [1.807, 2.05) is 25.2 Å². The van der Waals surface area contributed by atoms with Crippen LogP contribution in [-0.2, 0) is 26.8 Å². The Morgan fingerprint density at radius 2 is 1.96 bits per heavy atom. The molecule has 1 spiro atoms. The second-order valence-corrected chi connectivity index (χ2v) is 10.4. The summed E-state index contributed by atoms with van der Waals surface area (Å²) in [7, 11) is 0.669. The van der Waals surface area contributed by atoms with Gasteiger partial charge in [0, 0.05) is 33.4 Å². The van der Waals surface area contributed by atoms with E-state index < -0.39 is 15.6 Å². The summed E-state index contributed by atoms with van der Waals surface area (Å²) in [4.78, 5) is 11.1. The molecule has 27 heavy (non-hydrogen) atoms. The Labute approximate surface area is 162 Å². The van der Waals surface area contributed by atoms with Crippen molar-refractivity contribution in [2.45, 2.75) is 50.5 Å². The fourth-order valence-electron chi connectivity index (χ4n) is 4.70. The lowest BCUT2D eigenvalue weighted by Crippen LogP contribution is -2.49. The summed E-state index contributed by atoms with van der Waals surface area (Å²) in [6.07, 6.45) is 8.49. The third kappa shape index (κ3) is 3.71. The van der Waals surface area contributed by atoms with E-state index in [0.717, 1.165) is 30.5 Å². The van der Waals surface area contributed by atoms with Crippen molar-refractivity contribution in [3.05, 3.63) is 17.5 Å². The predicted molar refractivity (Wildman–Crippen MR) is 104 cm³/mol. The molecule has 2 aliphatic heterocycles. The highest BCUT2D eigenvalue weighted by Crippen LogP contribution is 2.41. The Kier molecular flexibility index (Phi) is 5.16. The van der Waals surface area contributed by atoms with Crippen LogP contribution >= 0.6 is 0 Å². The standard InChI is InChI=1S/C19H30N4O3S/c1-22(2)18-20-13-16-7-12-26-19(17(16)21-18)8-10-23(11-9-19)27(24,25)14-15-5-3-4-6-15/h13,15H,3-12,14H2,1-2H3. The van der Waals surface area contributed by atoms with Gasteiger partial charge in [0.15, 0.2) is 0 Å². The molecule has 0 radical (unpaired) electrons. The van der Waals surface area contributed by atoms with Crippen LogP contribution in [0.4, 0.5) is 5.95 Å². The van der Waals surface area contributed by atoms with Crippen molar-refractivity contribution < 1.29 is 13.2 Å².